The normalized spacial score (nSPS) is 20.9. The first kappa shape index (κ1) is 19.7. The summed E-state index contributed by atoms with van der Waals surface area (Å²) in [6, 6.07) is 0. The van der Waals surface area contributed by atoms with Crippen LogP contribution in [0.2, 0.25) is 0 Å². The Bertz CT molecular complexity index is 396. The monoisotopic (exact) mass is 320 g/mol. The Morgan fingerprint density at radius 3 is 2.35 bits per heavy atom. The standard InChI is InChI=1S/C20H32O3/c1-2-3-4-5-6-7-8-9-10-11-12-13-15-18-19(23-18)16-14-17-20(21)22/h6-7,9-10,12-13,18-19H,2-5,8,11,14-17H2,1H3,(H,21,22)/t18-,19-/m0/s1. The van der Waals surface area contributed by atoms with Gasteiger partial charge in [-0.15, -0.1) is 0 Å². The molecule has 0 bridgehead atoms. The van der Waals surface area contributed by atoms with Crippen molar-refractivity contribution in [3.63, 3.8) is 0 Å². The van der Waals surface area contributed by atoms with Gasteiger partial charge in [0.25, 0.3) is 0 Å². The van der Waals surface area contributed by atoms with Crippen LogP contribution < -0.4 is 0 Å². The van der Waals surface area contributed by atoms with Crippen LogP contribution in [0.1, 0.15) is 71.1 Å². The van der Waals surface area contributed by atoms with Crippen molar-refractivity contribution in [1.82, 2.24) is 0 Å². The number of rotatable bonds is 14. The maximum absolute atomic E-state index is 10.4. The number of allylic oxidation sites excluding steroid dienone is 5. The number of carboxylic acid groups (broad SMARTS) is 1. The number of hydrogen-bond donors (Lipinski definition) is 1. The third-order valence-corrected chi connectivity index (χ3v) is 3.95. The van der Waals surface area contributed by atoms with E-state index in [1.165, 1.54) is 25.7 Å². The minimum atomic E-state index is -0.718. The summed E-state index contributed by atoms with van der Waals surface area (Å²) >= 11 is 0. The molecule has 3 nitrogen and oxygen atoms in total. The highest BCUT2D eigenvalue weighted by Gasteiger charge is 2.36. The molecule has 130 valence electrons. The number of carboxylic acids is 1. The van der Waals surface area contributed by atoms with Crippen LogP contribution in [0.25, 0.3) is 0 Å². The summed E-state index contributed by atoms with van der Waals surface area (Å²) in [6.45, 7) is 2.23. The fourth-order valence-corrected chi connectivity index (χ4v) is 2.50. The van der Waals surface area contributed by atoms with Crippen LogP contribution >= 0.6 is 0 Å². The lowest BCUT2D eigenvalue weighted by Gasteiger charge is -1.92. The van der Waals surface area contributed by atoms with E-state index >= 15 is 0 Å². The summed E-state index contributed by atoms with van der Waals surface area (Å²) in [6.07, 6.45) is 23.8. The molecule has 0 unspecified atom stereocenters. The first-order valence-electron chi connectivity index (χ1n) is 9.06. The van der Waals surface area contributed by atoms with Crippen LogP contribution in [0.3, 0.4) is 0 Å². The van der Waals surface area contributed by atoms with Crippen molar-refractivity contribution in [1.29, 1.82) is 0 Å². The number of aliphatic carboxylic acids is 1. The van der Waals surface area contributed by atoms with Gasteiger partial charge in [-0.2, -0.15) is 0 Å². The van der Waals surface area contributed by atoms with Crippen molar-refractivity contribution in [2.75, 3.05) is 0 Å². The molecule has 1 aliphatic heterocycles. The van der Waals surface area contributed by atoms with E-state index in [2.05, 4.69) is 43.4 Å². The van der Waals surface area contributed by atoms with E-state index in [-0.39, 0.29) is 12.5 Å². The summed E-state index contributed by atoms with van der Waals surface area (Å²) < 4.78 is 5.53. The molecule has 1 saturated heterocycles. The zero-order valence-corrected chi connectivity index (χ0v) is 14.5. The van der Waals surface area contributed by atoms with Gasteiger partial charge in [0.1, 0.15) is 0 Å². The number of hydrogen-bond acceptors (Lipinski definition) is 2. The highest BCUT2D eigenvalue weighted by molar-refractivity contribution is 5.66. The molecule has 1 N–H and O–H groups in total. The van der Waals surface area contributed by atoms with Crippen molar-refractivity contribution in [3.8, 4) is 0 Å². The zero-order valence-electron chi connectivity index (χ0n) is 14.5. The fourth-order valence-electron chi connectivity index (χ4n) is 2.50. The predicted molar refractivity (Wildman–Crippen MR) is 95.6 cm³/mol. The van der Waals surface area contributed by atoms with Gasteiger partial charge in [-0.25, -0.2) is 0 Å². The van der Waals surface area contributed by atoms with E-state index in [1.54, 1.807) is 0 Å². The second kappa shape index (κ2) is 13.1. The zero-order chi connectivity index (χ0) is 16.8. The van der Waals surface area contributed by atoms with Crippen LogP contribution in [-0.2, 0) is 9.53 Å². The second-order valence-electron chi connectivity index (χ2n) is 6.12. The Morgan fingerprint density at radius 2 is 1.65 bits per heavy atom. The molecule has 0 aromatic heterocycles. The molecular weight excluding hydrogens is 288 g/mol. The molecule has 1 heterocycles. The summed E-state index contributed by atoms with van der Waals surface area (Å²) in [5.74, 6) is -0.718. The van der Waals surface area contributed by atoms with Crippen LogP contribution in [-0.4, -0.2) is 23.3 Å². The van der Waals surface area contributed by atoms with E-state index in [0.717, 1.165) is 32.1 Å². The average molecular weight is 320 g/mol. The minimum absolute atomic E-state index is 0.250. The highest BCUT2D eigenvalue weighted by atomic mass is 16.6. The maximum atomic E-state index is 10.4. The number of epoxide rings is 1. The smallest absolute Gasteiger partial charge is 0.303 e. The Morgan fingerprint density at radius 1 is 0.957 bits per heavy atom. The van der Waals surface area contributed by atoms with Crippen molar-refractivity contribution in [3.05, 3.63) is 36.5 Å². The first-order valence-corrected chi connectivity index (χ1v) is 9.06. The molecule has 0 saturated carbocycles. The summed E-state index contributed by atoms with van der Waals surface area (Å²) in [5, 5.41) is 8.58. The van der Waals surface area contributed by atoms with Gasteiger partial charge in [0.15, 0.2) is 0 Å². The van der Waals surface area contributed by atoms with Gasteiger partial charge < -0.3 is 9.84 Å². The van der Waals surface area contributed by atoms with E-state index in [9.17, 15) is 4.79 Å². The first-order chi connectivity index (χ1) is 11.2. The lowest BCUT2D eigenvalue weighted by molar-refractivity contribution is -0.137. The van der Waals surface area contributed by atoms with Crippen LogP contribution in [0, 0.1) is 0 Å². The molecule has 1 rings (SSSR count). The number of ether oxygens (including phenoxy) is 1. The Hall–Kier alpha value is -1.35. The maximum Gasteiger partial charge on any atom is 0.303 e. The SMILES string of the molecule is CCCCCC=CCC=CCC=CC[C@@H]1O[C@H]1CCCC(=O)O. The molecule has 0 radical (unpaired) electrons. The molecule has 0 spiro atoms. The average Bonchev–Trinajstić information content (AvgIpc) is 3.26. The van der Waals surface area contributed by atoms with Gasteiger partial charge in [-0.1, -0.05) is 56.2 Å². The third kappa shape index (κ3) is 11.8. The topological polar surface area (TPSA) is 49.8 Å². The molecule has 0 aromatic rings. The van der Waals surface area contributed by atoms with E-state index in [0.29, 0.717) is 6.10 Å². The lowest BCUT2D eigenvalue weighted by atomic mass is 10.1. The van der Waals surface area contributed by atoms with Crippen LogP contribution in [0.5, 0.6) is 0 Å². The van der Waals surface area contributed by atoms with Crippen molar-refractivity contribution in [2.24, 2.45) is 0 Å². The van der Waals surface area contributed by atoms with Crippen molar-refractivity contribution >= 4 is 5.97 Å². The van der Waals surface area contributed by atoms with Crippen LogP contribution in [0.4, 0.5) is 0 Å². The summed E-state index contributed by atoms with van der Waals surface area (Å²) in [4.78, 5) is 10.4. The van der Waals surface area contributed by atoms with Gasteiger partial charge in [0, 0.05) is 6.42 Å². The molecule has 3 heteroatoms. The van der Waals surface area contributed by atoms with Gasteiger partial charge >= 0.3 is 5.97 Å². The largest absolute Gasteiger partial charge is 0.481 e. The Balaban J connectivity index is 1.91. The van der Waals surface area contributed by atoms with Crippen molar-refractivity contribution < 1.29 is 14.6 Å². The second-order valence-corrected chi connectivity index (χ2v) is 6.12. The summed E-state index contributed by atoms with van der Waals surface area (Å²) in [7, 11) is 0. The van der Waals surface area contributed by atoms with Crippen molar-refractivity contribution in [2.45, 2.75) is 83.3 Å². The molecule has 23 heavy (non-hydrogen) atoms. The highest BCUT2D eigenvalue weighted by Crippen LogP contribution is 2.30. The Labute approximate surface area is 141 Å². The molecule has 2 atom stereocenters. The molecule has 0 aromatic carbocycles. The molecule has 1 fully saturated rings. The quantitative estimate of drug-likeness (QED) is 0.264. The molecule has 0 aliphatic carbocycles. The summed E-state index contributed by atoms with van der Waals surface area (Å²) in [5.41, 5.74) is 0. The van der Waals surface area contributed by atoms with Gasteiger partial charge in [-0.3, -0.25) is 4.79 Å². The third-order valence-electron chi connectivity index (χ3n) is 3.95. The number of unbranched alkanes of at least 4 members (excludes halogenated alkanes) is 3. The van der Waals surface area contributed by atoms with Gasteiger partial charge in [-0.05, 0) is 44.9 Å². The molecular formula is C20H32O3. The van der Waals surface area contributed by atoms with Crippen LogP contribution in [0.15, 0.2) is 36.5 Å². The van der Waals surface area contributed by atoms with E-state index in [4.69, 9.17) is 9.84 Å². The number of carbonyl (C=O) groups is 1. The minimum Gasteiger partial charge on any atom is -0.481 e. The van der Waals surface area contributed by atoms with Gasteiger partial charge in [0.05, 0.1) is 12.2 Å². The predicted octanol–water partition coefficient (Wildman–Crippen LogP) is 5.43. The van der Waals surface area contributed by atoms with E-state index in [1.807, 2.05) is 0 Å². The lowest BCUT2D eigenvalue weighted by Crippen LogP contribution is -1.97. The fraction of sp³-hybridized carbons (Fsp3) is 0.650. The molecule has 0 amide bonds. The van der Waals surface area contributed by atoms with E-state index < -0.39 is 5.97 Å². The van der Waals surface area contributed by atoms with Gasteiger partial charge in [0.2, 0.25) is 0 Å². The Kier molecular flexibility index (Phi) is 11.2. The molecule has 1 aliphatic rings.